The number of rotatable bonds is 1. The fourth-order valence-corrected chi connectivity index (χ4v) is 1.06. The van der Waals surface area contributed by atoms with E-state index in [-0.39, 0.29) is 0 Å². The van der Waals surface area contributed by atoms with Gasteiger partial charge in [-0.2, -0.15) is 8.42 Å². The van der Waals surface area contributed by atoms with Crippen LogP contribution in [0.1, 0.15) is 0 Å². The maximum absolute atomic E-state index is 12.5. The molecule has 1 aromatic heterocycles. The smallest absolute Gasteiger partial charge is 0.240 e. The molecule has 0 N–H and O–H groups in total. The number of hydrogen-bond donors (Lipinski definition) is 0. The van der Waals surface area contributed by atoms with Gasteiger partial charge in [0.1, 0.15) is 4.90 Å². The average molecular weight is 214 g/mol. The fourth-order valence-electron chi connectivity index (χ4n) is 0.537. The molecule has 0 spiro atoms. The molecule has 66 valence electrons. The minimum atomic E-state index is -4.90. The Hall–Kier alpha value is -0.750. The highest BCUT2D eigenvalue weighted by molar-refractivity contribution is 7.86. The quantitative estimate of drug-likeness (QED) is 0.525. The highest BCUT2D eigenvalue weighted by Gasteiger charge is 2.14. The Kier molecular flexibility index (Phi) is 2.29. The lowest BCUT2D eigenvalue weighted by Crippen LogP contribution is -1.94. The summed E-state index contributed by atoms with van der Waals surface area (Å²) in [6, 6.07) is 0.463. The molecule has 3 nitrogen and oxygen atoms in total. The molecule has 12 heavy (non-hydrogen) atoms. The Bertz CT molecular complexity index is 406. The van der Waals surface area contributed by atoms with E-state index in [0.29, 0.717) is 12.3 Å². The molecule has 0 unspecified atom stereocenters. The van der Waals surface area contributed by atoms with E-state index in [1.54, 1.807) is 0 Å². The van der Waals surface area contributed by atoms with Gasteiger partial charge in [0, 0.05) is 0 Å². The summed E-state index contributed by atoms with van der Waals surface area (Å²) in [6.07, 6.45) is 0.640. The molecule has 0 aliphatic heterocycles. The first-order valence-corrected chi connectivity index (χ1v) is 4.43. The van der Waals surface area contributed by atoms with Crippen LogP contribution in [0.3, 0.4) is 0 Å². The summed E-state index contributed by atoms with van der Waals surface area (Å²) >= 11 is 5.13. The van der Waals surface area contributed by atoms with Crippen molar-refractivity contribution in [3.8, 4) is 0 Å². The van der Waals surface area contributed by atoms with E-state index in [4.69, 9.17) is 11.6 Å². The standard InChI is InChI=1S/C5H2ClF2NO2S/c6-5-4(7)1-3(2-9-5)12(8,10)11/h1-2H. The monoisotopic (exact) mass is 213 g/mol. The first-order chi connectivity index (χ1) is 5.41. The van der Waals surface area contributed by atoms with E-state index >= 15 is 0 Å². The van der Waals surface area contributed by atoms with Crippen molar-refractivity contribution >= 4 is 21.8 Å². The molecule has 0 radical (unpaired) electrons. The predicted molar refractivity (Wildman–Crippen MR) is 37.5 cm³/mol. The van der Waals surface area contributed by atoms with Gasteiger partial charge in [-0.3, -0.25) is 0 Å². The Balaban J connectivity index is 3.33. The van der Waals surface area contributed by atoms with Gasteiger partial charge in [-0.25, -0.2) is 9.37 Å². The SMILES string of the molecule is O=S(=O)(F)c1cnc(Cl)c(F)c1. The van der Waals surface area contributed by atoms with Crippen molar-refractivity contribution < 1.29 is 16.7 Å². The lowest BCUT2D eigenvalue weighted by Gasteiger charge is -1.94. The van der Waals surface area contributed by atoms with Crippen LogP contribution < -0.4 is 0 Å². The third-order valence-corrected chi connectivity index (χ3v) is 2.12. The van der Waals surface area contributed by atoms with Crippen LogP contribution in [0.2, 0.25) is 5.15 Å². The molecule has 1 rings (SSSR count). The summed E-state index contributed by atoms with van der Waals surface area (Å²) in [6.45, 7) is 0. The Morgan fingerprint density at radius 3 is 2.50 bits per heavy atom. The number of aromatic nitrogens is 1. The lowest BCUT2D eigenvalue weighted by molar-refractivity contribution is 0.548. The Labute approximate surface area is 72.2 Å². The van der Waals surface area contributed by atoms with Gasteiger partial charge in [0.2, 0.25) is 0 Å². The molecular formula is C5H2ClF2NO2S. The molecule has 0 aliphatic carbocycles. The molecule has 0 saturated carbocycles. The zero-order valence-electron chi connectivity index (χ0n) is 5.46. The number of nitrogens with zero attached hydrogens (tertiary/aromatic N) is 1. The molecule has 0 atom stereocenters. The van der Waals surface area contributed by atoms with Crippen LogP contribution in [-0.2, 0) is 10.2 Å². The first kappa shape index (κ1) is 9.34. The van der Waals surface area contributed by atoms with Crippen LogP contribution in [0.25, 0.3) is 0 Å². The topological polar surface area (TPSA) is 47.0 Å². The molecule has 7 heteroatoms. The van der Waals surface area contributed by atoms with E-state index in [9.17, 15) is 16.7 Å². The largest absolute Gasteiger partial charge is 0.333 e. The van der Waals surface area contributed by atoms with E-state index < -0.39 is 26.1 Å². The zero-order chi connectivity index (χ0) is 9.35. The maximum atomic E-state index is 12.5. The predicted octanol–water partition coefficient (Wildman–Crippen LogP) is 1.53. The zero-order valence-corrected chi connectivity index (χ0v) is 7.03. The number of halogens is 3. The minimum Gasteiger partial charge on any atom is -0.240 e. The summed E-state index contributed by atoms with van der Waals surface area (Å²) in [5, 5.41) is -0.498. The third kappa shape index (κ3) is 1.89. The molecule has 0 aliphatic rings. The highest BCUT2D eigenvalue weighted by Crippen LogP contribution is 2.16. The normalized spacial score (nSPS) is 11.6. The fraction of sp³-hybridized carbons (Fsp3) is 0. The van der Waals surface area contributed by atoms with Crippen molar-refractivity contribution in [1.82, 2.24) is 4.98 Å². The Morgan fingerprint density at radius 2 is 2.08 bits per heavy atom. The van der Waals surface area contributed by atoms with Crippen molar-refractivity contribution in [2.45, 2.75) is 4.90 Å². The van der Waals surface area contributed by atoms with Crippen LogP contribution in [0, 0.1) is 5.82 Å². The molecule has 1 aromatic rings. The van der Waals surface area contributed by atoms with Gasteiger partial charge < -0.3 is 0 Å². The first-order valence-electron chi connectivity index (χ1n) is 2.67. The van der Waals surface area contributed by atoms with Gasteiger partial charge in [-0.1, -0.05) is 11.6 Å². The van der Waals surface area contributed by atoms with Gasteiger partial charge >= 0.3 is 10.2 Å². The summed E-state index contributed by atoms with van der Waals surface area (Å²) < 4.78 is 45.0. The van der Waals surface area contributed by atoms with Gasteiger partial charge in [0.15, 0.2) is 11.0 Å². The van der Waals surface area contributed by atoms with Crippen molar-refractivity contribution in [2.24, 2.45) is 0 Å². The van der Waals surface area contributed by atoms with Gasteiger partial charge in [0.25, 0.3) is 0 Å². The second-order valence-electron chi connectivity index (χ2n) is 1.88. The van der Waals surface area contributed by atoms with E-state index in [0.717, 1.165) is 0 Å². The van der Waals surface area contributed by atoms with Crippen LogP contribution in [0.5, 0.6) is 0 Å². The third-order valence-electron chi connectivity index (χ3n) is 1.05. The summed E-state index contributed by atoms with van der Waals surface area (Å²) in [5.41, 5.74) is 0. The van der Waals surface area contributed by atoms with E-state index in [1.807, 2.05) is 0 Å². The minimum absolute atomic E-state index is 0.463. The van der Waals surface area contributed by atoms with Crippen LogP contribution in [-0.4, -0.2) is 13.4 Å². The molecule has 0 bridgehead atoms. The average Bonchev–Trinajstić information content (AvgIpc) is 1.92. The van der Waals surface area contributed by atoms with Crippen LogP contribution in [0.15, 0.2) is 17.2 Å². The molecular weight excluding hydrogens is 212 g/mol. The van der Waals surface area contributed by atoms with Crippen molar-refractivity contribution in [3.63, 3.8) is 0 Å². The number of pyridine rings is 1. The maximum Gasteiger partial charge on any atom is 0.333 e. The molecule has 0 fully saturated rings. The molecule has 1 heterocycles. The van der Waals surface area contributed by atoms with Crippen LogP contribution >= 0.6 is 11.6 Å². The summed E-state index contributed by atoms with van der Waals surface area (Å²) in [7, 11) is -4.90. The summed E-state index contributed by atoms with van der Waals surface area (Å²) in [5.74, 6) is -1.07. The van der Waals surface area contributed by atoms with Gasteiger partial charge in [0.05, 0.1) is 6.20 Å². The van der Waals surface area contributed by atoms with Crippen molar-refractivity contribution in [3.05, 3.63) is 23.2 Å². The van der Waals surface area contributed by atoms with Crippen molar-refractivity contribution in [1.29, 1.82) is 0 Å². The second kappa shape index (κ2) is 2.95. The van der Waals surface area contributed by atoms with Gasteiger partial charge in [-0.15, -0.1) is 3.89 Å². The number of hydrogen-bond acceptors (Lipinski definition) is 3. The lowest BCUT2D eigenvalue weighted by atomic mass is 10.5. The Morgan fingerprint density at radius 1 is 1.50 bits per heavy atom. The molecule has 0 aromatic carbocycles. The highest BCUT2D eigenvalue weighted by atomic mass is 35.5. The molecule has 0 saturated heterocycles. The van der Waals surface area contributed by atoms with E-state index in [2.05, 4.69) is 4.98 Å². The second-order valence-corrected chi connectivity index (χ2v) is 3.59. The van der Waals surface area contributed by atoms with Gasteiger partial charge in [-0.05, 0) is 6.07 Å². The van der Waals surface area contributed by atoms with E-state index in [1.165, 1.54) is 0 Å². The van der Waals surface area contributed by atoms with Crippen molar-refractivity contribution in [2.75, 3.05) is 0 Å². The molecule has 0 amide bonds. The summed E-state index contributed by atoms with van der Waals surface area (Å²) in [4.78, 5) is 2.27. The van der Waals surface area contributed by atoms with Crippen LogP contribution in [0.4, 0.5) is 8.28 Å².